The van der Waals surface area contributed by atoms with E-state index in [1.54, 1.807) is 24.1 Å². The highest BCUT2D eigenvalue weighted by Gasteiger charge is 2.43. The van der Waals surface area contributed by atoms with Crippen molar-refractivity contribution in [1.82, 2.24) is 10.2 Å². The minimum Gasteiger partial charge on any atom is -0.372 e. The van der Waals surface area contributed by atoms with Crippen LogP contribution in [-0.4, -0.2) is 49.9 Å². The van der Waals surface area contributed by atoms with Crippen molar-refractivity contribution in [2.45, 2.75) is 25.4 Å². The van der Waals surface area contributed by atoms with Crippen LogP contribution in [0.25, 0.3) is 0 Å². The molecule has 0 aromatic heterocycles. The first-order chi connectivity index (χ1) is 17.2. The number of carbonyl (C=O) groups excluding carboxylic acids is 2. The number of anilines is 1. The van der Waals surface area contributed by atoms with Crippen LogP contribution in [0, 0.1) is 29.1 Å². The van der Waals surface area contributed by atoms with Crippen LogP contribution < -0.4 is 10.2 Å². The Kier molecular flexibility index (Phi) is 7.53. The number of benzene rings is 2. The highest BCUT2D eigenvalue weighted by Crippen LogP contribution is 2.39. The first kappa shape index (κ1) is 25.5. The predicted octanol–water partition coefficient (Wildman–Crippen LogP) is 3.86. The molecule has 4 rings (SSSR count). The molecule has 190 valence electrons. The molecule has 2 saturated heterocycles. The monoisotopic (exact) mass is 498 g/mol. The van der Waals surface area contributed by atoms with Gasteiger partial charge in [0.05, 0.1) is 29.5 Å². The van der Waals surface area contributed by atoms with Crippen molar-refractivity contribution < 1.29 is 22.8 Å². The maximum absolute atomic E-state index is 13.4. The first-order valence-corrected chi connectivity index (χ1v) is 12.1. The Bertz CT molecular complexity index is 1140. The number of hydrogen-bond acceptors (Lipinski definition) is 4. The molecule has 36 heavy (non-hydrogen) atoms. The first-order valence-electron chi connectivity index (χ1n) is 12.1. The molecule has 1 N–H and O–H groups in total. The number of nitrogens with zero attached hydrogens (tertiary/aromatic N) is 3. The summed E-state index contributed by atoms with van der Waals surface area (Å²) in [6.07, 6.45) is -2.90. The Morgan fingerprint density at radius 2 is 1.78 bits per heavy atom. The number of nitriles is 1. The molecule has 9 heteroatoms. The Balaban J connectivity index is 1.44. The normalized spacial score (nSPS) is 20.8. The van der Waals surface area contributed by atoms with Gasteiger partial charge >= 0.3 is 6.18 Å². The minimum absolute atomic E-state index is 0.00137. The molecule has 0 saturated carbocycles. The molecule has 2 aliphatic rings. The van der Waals surface area contributed by atoms with E-state index in [2.05, 4.69) is 5.32 Å². The van der Waals surface area contributed by atoms with Gasteiger partial charge < -0.3 is 15.1 Å². The number of hydrogen-bond donors (Lipinski definition) is 1. The molecule has 0 aliphatic carbocycles. The Morgan fingerprint density at radius 1 is 1.08 bits per heavy atom. The molecular weight excluding hydrogens is 469 g/mol. The van der Waals surface area contributed by atoms with E-state index in [1.165, 1.54) is 6.07 Å². The molecular formula is C27H29F3N4O2. The molecule has 2 heterocycles. The van der Waals surface area contributed by atoms with E-state index >= 15 is 0 Å². The summed E-state index contributed by atoms with van der Waals surface area (Å²) >= 11 is 0. The third-order valence-electron chi connectivity index (χ3n) is 7.44. The zero-order valence-corrected chi connectivity index (χ0v) is 20.1. The summed E-state index contributed by atoms with van der Waals surface area (Å²) in [5.74, 6) is -0.221. The highest BCUT2D eigenvalue weighted by molar-refractivity contribution is 5.83. The fourth-order valence-electron chi connectivity index (χ4n) is 5.50. The Hall–Kier alpha value is -3.54. The Labute approximate surface area is 208 Å². The zero-order chi connectivity index (χ0) is 25.9. The second-order valence-electron chi connectivity index (χ2n) is 9.51. The number of halogens is 3. The van der Waals surface area contributed by atoms with Gasteiger partial charge in [0.2, 0.25) is 11.8 Å². The van der Waals surface area contributed by atoms with E-state index in [4.69, 9.17) is 5.26 Å². The van der Waals surface area contributed by atoms with Crippen molar-refractivity contribution in [1.29, 1.82) is 5.26 Å². The molecule has 2 aliphatic heterocycles. The van der Waals surface area contributed by atoms with Crippen molar-refractivity contribution in [3.8, 4) is 6.07 Å². The molecule has 0 radical (unpaired) electrons. The third-order valence-corrected chi connectivity index (χ3v) is 7.44. The van der Waals surface area contributed by atoms with Crippen LogP contribution in [0.5, 0.6) is 0 Å². The molecule has 0 spiro atoms. The molecule has 2 amide bonds. The van der Waals surface area contributed by atoms with Gasteiger partial charge in [-0.05, 0) is 48.4 Å². The van der Waals surface area contributed by atoms with Gasteiger partial charge in [-0.15, -0.1) is 0 Å². The number of alkyl halides is 3. The number of nitrogens with one attached hydrogen (secondary N) is 1. The van der Waals surface area contributed by atoms with E-state index in [-0.39, 0.29) is 41.6 Å². The van der Waals surface area contributed by atoms with Crippen LogP contribution in [0.15, 0.2) is 48.5 Å². The standard InChI is InChI=1S/C27H29F3N4O2/c1-32-26(36)23-17-34(25(35)13-18-5-3-2-4-6-18)16-22(23)19-9-11-33(12-10-19)21-8-7-20(15-31)24(14-21)27(28,29)30/h2-8,14,19,22-23H,9-13,16-17H2,1H3,(H,32,36)/t22-,23+/m0/s1. The summed E-state index contributed by atoms with van der Waals surface area (Å²) in [6.45, 7) is 1.97. The fourth-order valence-corrected chi connectivity index (χ4v) is 5.50. The zero-order valence-electron chi connectivity index (χ0n) is 20.1. The average molecular weight is 499 g/mol. The molecule has 2 aromatic rings. The number of piperidine rings is 1. The minimum atomic E-state index is -4.60. The number of rotatable bonds is 5. The van der Waals surface area contributed by atoms with E-state index in [0.717, 1.165) is 11.6 Å². The fraction of sp³-hybridized carbons (Fsp3) is 0.444. The van der Waals surface area contributed by atoms with Crippen LogP contribution >= 0.6 is 0 Å². The topological polar surface area (TPSA) is 76.4 Å². The number of likely N-dealkylation sites (tertiary alicyclic amines) is 1. The van der Waals surface area contributed by atoms with Gasteiger partial charge in [-0.3, -0.25) is 9.59 Å². The predicted molar refractivity (Wildman–Crippen MR) is 129 cm³/mol. The maximum atomic E-state index is 13.4. The molecule has 0 bridgehead atoms. The lowest BCUT2D eigenvalue weighted by molar-refractivity contribution is -0.137. The lowest BCUT2D eigenvalue weighted by atomic mass is 9.78. The van der Waals surface area contributed by atoms with Crippen LogP contribution in [0.4, 0.5) is 18.9 Å². The number of amides is 2. The average Bonchev–Trinajstić information content (AvgIpc) is 3.34. The van der Waals surface area contributed by atoms with Crippen LogP contribution in [0.3, 0.4) is 0 Å². The third kappa shape index (κ3) is 5.48. The summed E-state index contributed by atoms with van der Waals surface area (Å²) in [5.41, 5.74) is 0.0542. The lowest BCUT2D eigenvalue weighted by Crippen LogP contribution is -2.41. The SMILES string of the molecule is CNC(=O)[C@@H]1CN(C(=O)Cc2ccccc2)C[C@H]1C1CCN(c2ccc(C#N)c(C(F)(F)F)c2)CC1. The summed E-state index contributed by atoms with van der Waals surface area (Å²) in [7, 11) is 1.60. The quantitative estimate of drug-likeness (QED) is 0.680. The van der Waals surface area contributed by atoms with E-state index in [9.17, 15) is 22.8 Å². The second kappa shape index (κ2) is 10.6. The lowest BCUT2D eigenvalue weighted by Gasteiger charge is -2.37. The smallest absolute Gasteiger partial charge is 0.372 e. The second-order valence-corrected chi connectivity index (χ2v) is 9.51. The van der Waals surface area contributed by atoms with Gasteiger partial charge in [-0.1, -0.05) is 30.3 Å². The van der Waals surface area contributed by atoms with Gasteiger partial charge in [0, 0.05) is 38.9 Å². The van der Waals surface area contributed by atoms with E-state index in [0.29, 0.717) is 44.7 Å². The van der Waals surface area contributed by atoms with Crippen molar-refractivity contribution in [2.75, 3.05) is 38.1 Å². The molecule has 6 nitrogen and oxygen atoms in total. The van der Waals surface area contributed by atoms with Crippen LogP contribution in [-0.2, 0) is 22.2 Å². The van der Waals surface area contributed by atoms with E-state index in [1.807, 2.05) is 35.2 Å². The van der Waals surface area contributed by atoms with Gasteiger partial charge in [0.25, 0.3) is 0 Å². The molecule has 2 aromatic carbocycles. The van der Waals surface area contributed by atoms with Crippen molar-refractivity contribution in [3.05, 3.63) is 65.2 Å². The highest BCUT2D eigenvalue weighted by atomic mass is 19.4. The largest absolute Gasteiger partial charge is 0.417 e. The summed E-state index contributed by atoms with van der Waals surface area (Å²) < 4.78 is 40.2. The van der Waals surface area contributed by atoms with Gasteiger partial charge in [-0.2, -0.15) is 18.4 Å². The number of carbonyl (C=O) groups is 2. The van der Waals surface area contributed by atoms with Gasteiger partial charge in [0.15, 0.2) is 0 Å². The van der Waals surface area contributed by atoms with Crippen molar-refractivity contribution in [3.63, 3.8) is 0 Å². The van der Waals surface area contributed by atoms with Gasteiger partial charge in [-0.25, -0.2) is 0 Å². The summed E-state index contributed by atoms with van der Waals surface area (Å²) in [6, 6.07) is 14.9. The molecule has 2 fully saturated rings. The van der Waals surface area contributed by atoms with E-state index < -0.39 is 11.7 Å². The van der Waals surface area contributed by atoms with Gasteiger partial charge in [0.1, 0.15) is 0 Å². The Morgan fingerprint density at radius 3 is 2.39 bits per heavy atom. The van der Waals surface area contributed by atoms with Crippen molar-refractivity contribution in [2.24, 2.45) is 17.8 Å². The molecule has 0 unspecified atom stereocenters. The summed E-state index contributed by atoms with van der Waals surface area (Å²) in [5, 5.41) is 11.8. The molecule has 2 atom stereocenters. The summed E-state index contributed by atoms with van der Waals surface area (Å²) in [4.78, 5) is 29.3. The van der Waals surface area contributed by atoms with Crippen molar-refractivity contribution >= 4 is 17.5 Å². The van der Waals surface area contributed by atoms with Crippen LogP contribution in [0.2, 0.25) is 0 Å². The van der Waals surface area contributed by atoms with Crippen LogP contribution in [0.1, 0.15) is 29.5 Å². The maximum Gasteiger partial charge on any atom is 0.417 e.